The van der Waals surface area contributed by atoms with Crippen molar-refractivity contribution in [1.29, 1.82) is 0 Å². The van der Waals surface area contributed by atoms with Gasteiger partial charge in [-0.2, -0.15) is 0 Å². The van der Waals surface area contributed by atoms with E-state index in [4.69, 9.17) is 9.47 Å². The highest BCUT2D eigenvalue weighted by atomic mass is 19.1. The van der Waals surface area contributed by atoms with Crippen LogP contribution in [0.5, 0.6) is 11.5 Å². The van der Waals surface area contributed by atoms with Crippen molar-refractivity contribution in [2.45, 2.75) is 25.8 Å². The molecule has 1 aliphatic heterocycles. The van der Waals surface area contributed by atoms with Crippen LogP contribution in [0, 0.1) is 12.7 Å². The lowest BCUT2D eigenvalue weighted by Gasteiger charge is -2.36. The molecule has 1 amide bonds. The van der Waals surface area contributed by atoms with E-state index in [1.807, 2.05) is 11.0 Å². The number of amides is 1. The third-order valence-electron chi connectivity index (χ3n) is 5.29. The molecule has 30 heavy (non-hydrogen) atoms. The molecule has 0 saturated heterocycles. The molecule has 2 aromatic carbocycles. The fourth-order valence-electron chi connectivity index (χ4n) is 3.82. The molecule has 0 fully saturated rings. The Morgan fingerprint density at radius 1 is 1.20 bits per heavy atom. The highest BCUT2D eigenvalue weighted by Crippen LogP contribution is 2.39. The number of hydrogen-bond donors (Lipinski definition) is 2. The van der Waals surface area contributed by atoms with Gasteiger partial charge in [-0.1, -0.05) is 0 Å². The molecule has 7 nitrogen and oxygen atoms in total. The topological polar surface area (TPSA) is 88.1 Å². The number of carboxylic acids is 1. The minimum Gasteiger partial charge on any atom is -0.493 e. The Labute approximate surface area is 174 Å². The van der Waals surface area contributed by atoms with E-state index in [2.05, 4.69) is 5.32 Å². The summed E-state index contributed by atoms with van der Waals surface area (Å²) in [5, 5.41) is 12.2. The molecule has 0 aromatic heterocycles. The van der Waals surface area contributed by atoms with E-state index in [0.29, 0.717) is 35.7 Å². The highest BCUT2D eigenvalue weighted by molar-refractivity contribution is 5.93. The summed E-state index contributed by atoms with van der Waals surface area (Å²) < 4.78 is 24.0. The van der Waals surface area contributed by atoms with Gasteiger partial charge in [0.15, 0.2) is 11.5 Å². The van der Waals surface area contributed by atoms with Gasteiger partial charge in [0.05, 0.1) is 27.2 Å². The number of carbonyl (C=O) groups excluding carboxylic acids is 1. The van der Waals surface area contributed by atoms with Crippen LogP contribution in [0.1, 0.15) is 29.2 Å². The highest BCUT2D eigenvalue weighted by Gasteiger charge is 2.32. The number of benzene rings is 2. The van der Waals surface area contributed by atoms with E-state index in [9.17, 15) is 19.1 Å². The van der Waals surface area contributed by atoms with Gasteiger partial charge in [-0.15, -0.1) is 0 Å². The first-order valence-corrected chi connectivity index (χ1v) is 9.59. The maximum atomic E-state index is 13.3. The van der Waals surface area contributed by atoms with Gasteiger partial charge in [-0.25, -0.2) is 4.39 Å². The normalized spacial score (nSPS) is 15.9. The Morgan fingerprint density at radius 3 is 2.53 bits per heavy atom. The summed E-state index contributed by atoms with van der Waals surface area (Å²) in [4.78, 5) is 26.0. The lowest BCUT2D eigenvalue weighted by molar-refractivity contribution is -0.139. The molecule has 0 aliphatic carbocycles. The first-order valence-electron chi connectivity index (χ1n) is 9.59. The van der Waals surface area contributed by atoms with Crippen molar-refractivity contribution < 1.29 is 28.6 Å². The van der Waals surface area contributed by atoms with Crippen LogP contribution < -0.4 is 14.8 Å². The van der Waals surface area contributed by atoms with Gasteiger partial charge in [0.25, 0.3) is 0 Å². The number of rotatable bonds is 7. The maximum absolute atomic E-state index is 13.3. The largest absolute Gasteiger partial charge is 0.493 e. The van der Waals surface area contributed by atoms with Gasteiger partial charge in [-0.05, 0) is 60.4 Å². The number of nitrogens with one attached hydrogen (secondary N) is 1. The van der Waals surface area contributed by atoms with E-state index in [1.165, 1.54) is 25.3 Å². The molecule has 0 radical (unpaired) electrons. The van der Waals surface area contributed by atoms with E-state index in [-0.39, 0.29) is 24.7 Å². The number of ether oxygens (including phenoxy) is 2. The number of aliphatic carboxylic acids is 1. The Morgan fingerprint density at radius 2 is 1.90 bits per heavy atom. The quantitative estimate of drug-likeness (QED) is 0.721. The molecule has 0 bridgehead atoms. The number of fused-ring (bicyclic) bond motifs is 1. The van der Waals surface area contributed by atoms with Gasteiger partial charge < -0.3 is 19.9 Å². The second-order valence-corrected chi connectivity index (χ2v) is 7.25. The number of halogens is 1. The number of carbonyl (C=O) groups is 2. The molecular formula is C22H25FN2O5. The van der Waals surface area contributed by atoms with Crippen LogP contribution in [0.15, 0.2) is 30.3 Å². The predicted molar refractivity (Wildman–Crippen MR) is 110 cm³/mol. The van der Waals surface area contributed by atoms with Gasteiger partial charge in [0.2, 0.25) is 5.91 Å². The van der Waals surface area contributed by atoms with E-state index in [1.54, 1.807) is 20.1 Å². The zero-order chi connectivity index (χ0) is 21.8. The smallest absolute Gasteiger partial charge is 0.305 e. The van der Waals surface area contributed by atoms with Crippen molar-refractivity contribution in [2.75, 3.05) is 32.6 Å². The molecule has 8 heteroatoms. The summed E-state index contributed by atoms with van der Waals surface area (Å²) in [7, 11) is 3.07. The number of aryl methyl sites for hydroxylation is 1. The number of nitrogens with zero attached hydrogens (tertiary/aromatic N) is 1. The lowest BCUT2D eigenvalue weighted by atomic mass is 9.90. The molecule has 2 aromatic rings. The second-order valence-electron chi connectivity index (χ2n) is 7.25. The zero-order valence-corrected chi connectivity index (χ0v) is 17.2. The van der Waals surface area contributed by atoms with Crippen LogP contribution >= 0.6 is 0 Å². The van der Waals surface area contributed by atoms with Gasteiger partial charge in [0, 0.05) is 18.3 Å². The Balaban J connectivity index is 1.84. The van der Waals surface area contributed by atoms with E-state index < -0.39 is 12.0 Å². The molecule has 2 N–H and O–H groups in total. The van der Waals surface area contributed by atoms with Crippen molar-refractivity contribution in [1.82, 2.24) is 4.90 Å². The summed E-state index contributed by atoms with van der Waals surface area (Å²) in [6.07, 6.45) is 0.500. The summed E-state index contributed by atoms with van der Waals surface area (Å²) >= 11 is 0. The van der Waals surface area contributed by atoms with Crippen LogP contribution in [0.2, 0.25) is 0 Å². The number of methoxy groups -OCH3 is 2. The average molecular weight is 416 g/mol. The molecule has 0 unspecified atom stereocenters. The Kier molecular flexibility index (Phi) is 6.56. The van der Waals surface area contributed by atoms with Crippen molar-refractivity contribution >= 4 is 17.6 Å². The fraction of sp³-hybridized carbons (Fsp3) is 0.364. The molecule has 0 saturated carbocycles. The first kappa shape index (κ1) is 21.6. The lowest BCUT2D eigenvalue weighted by Crippen LogP contribution is -2.41. The number of hydrogen-bond acceptors (Lipinski definition) is 5. The summed E-state index contributed by atoms with van der Waals surface area (Å²) in [6.45, 7) is 2.25. The Hall–Kier alpha value is -3.13. The minimum absolute atomic E-state index is 0.0164. The molecular weight excluding hydrogens is 391 g/mol. The average Bonchev–Trinajstić information content (AvgIpc) is 2.70. The molecule has 160 valence electrons. The maximum Gasteiger partial charge on any atom is 0.305 e. The number of anilines is 1. The van der Waals surface area contributed by atoms with Gasteiger partial charge in [0.1, 0.15) is 5.82 Å². The monoisotopic (exact) mass is 416 g/mol. The van der Waals surface area contributed by atoms with E-state index in [0.717, 1.165) is 11.1 Å². The van der Waals surface area contributed by atoms with Crippen LogP contribution in [-0.4, -0.2) is 49.2 Å². The minimum atomic E-state index is -0.956. The third-order valence-corrected chi connectivity index (χ3v) is 5.29. The van der Waals surface area contributed by atoms with Gasteiger partial charge >= 0.3 is 5.97 Å². The summed E-state index contributed by atoms with van der Waals surface area (Å²) in [5.41, 5.74) is 2.93. The molecule has 1 aliphatic rings. The van der Waals surface area contributed by atoms with Crippen LogP contribution in [0.3, 0.4) is 0 Å². The number of carboxylic acid groups (broad SMARTS) is 1. The molecule has 1 atom stereocenters. The molecule has 0 spiro atoms. The second kappa shape index (κ2) is 9.13. The predicted octanol–water partition coefficient (Wildman–Crippen LogP) is 3.16. The molecule has 3 rings (SSSR count). The fourth-order valence-corrected chi connectivity index (χ4v) is 3.82. The third kappa shape index (κ3) is 4.71. The SMILES string of the molecule is COc1cc2c(cc1OC)[C@@H](CC(=O)O)N(CC(=O)Nc1ccc(F)cc1C)CC2. The van der Waals surface area contributed by atoms with Crippen LogP contribution in [0.4, 0.5) is 10.1 Å². The summed E-state index contributed by atoms with van der Waals surface area (Å²) in [5.74, 6) is -0.515. The van der Waals surface area contributed by atoms with Crippen molar-refractivity contribution in [3.63, 3.8) is 0 Å². The van der Waals surface area contributed by atoms with E-state index >= 15 is 0 Å². The standard InChI is InChI=1S/C22H25FN2O5/c1-13-8-15(23)4-5-17(13)24-21(26)12-25-7-6-14-9-19(29-2)20(30-3)10-16(14)18(25)11-22(27)28/h4-5,8-10,18H,6-7,11-12H2,1-3H3,(H,24,26)(H,27,28)/t18-/m1/s1. The van der Waals surface area contributed by atoms with Crippen molar-refractivity contribution in [3.05, 3.63) is 52.8 Å². The van der Waals surface area contributed by atoms with Crippen LogP contribution in [0.25, 0.3) is 0 Å². The van der Waals surface area contributed by atoms with Crippen molar-refractivity contribution in [2.24, 2.45) is 0 Å². The van der Waals surface area contributed by atoms with Gasteiger partial charge in [-0.3, -0.25) is 14.5 Å². The molecule has 1 heterocycles. The van der Waals surface area contributed by atoms with Crippen LogP contribution in [-0.2, 0) is 16.0 Å². The zero-order valence-electron chi connectivity index (χ0n) is 17.2. The van der Waals surface area contributed by atoms with Crippen molar-refractivity contribution in [3.8, 4) is 11.5 Å². The summed E-state index contributed by atoms with van der Waals surface area (Å²) in [6, 6.07) is 7.32. The Bertz CT molecular complexity index is 963. The first-order chi connectivity index (χ1) is 14.3.